The highest BCUT2D eigenvalue weighted by atomic mass is 16.3. The highest BCUT2D eigenvalue weighted by Gasteiger charge is 2.24. The normalized spacial score (nSPS) is 14.8. The molecule has 0 aliphatic carbocycles. The molecule has 6 nitrogen and oxygen atoms in total. The standard InChI is InChI=1S/C18H17N5O/c19-13-15-18(20-17-7-3-4-8-23(15)17)22-11-9-21(10-12-22)14-5-1-2-6-16(14)24/h1-8,24H,9-12H2. The van der Waals surface area contributed by atoms with Gasteiger partial charge in [-0.2, -0.15) is 5.26 Å². The van der Waals surface area contributed by atoms with Crippen molar-refractivity contribution < 1.29 is 5.11 Å². The van der Waals surface area contributed by atoms with Crippen LogP contribution >= 0.6 is 0 Å². The van der Waals surface area contributed by atoms with Crippen molar-refractivity contribution in [1.82, 2.24) is 9.38 Å². The van der Waals surface area contributed by atoms with E-state index in [0.29, 0.717) is 11.4 Å². The zero-order valence-electron chi connectivity index (χ0n) is 13.1. The van der Waals surface area contributed by atoms with Crippen LogP contribution in [0.25, 0.3) is 5.65 Å². The molecule has 6 heteroatoms. The van der Waals surface area contributed by atoms with Gasteiger partial charge < -0.3 is 14.9 Å². The lowest BCUT2D eigenvalue weighted by atomic mass is 10.2. The second-order valence-corrected chi connectivity index (χ2v) is 5.79. The van der Waals surface area contributed by atoms with Gasteiger partial charge in [-0.1, -0.05) is 18.2 Å². The van der Waals surface area contributed by atoms with Crippen molar-refractivity contribution in [2.24, 2.45) is 0 Å². The van der Waals surface area contributed by atoms with Gasteiger partial charge in [0.15, 0.2) is 11.5 Å². The molecule has 1 aliphatic rings. The molecule has 2 aromatic heterocycles. The molecule has 1 aliphatic heterocycles. The van der Waals surface area contributed by atoms with Crippen LogP contribution in [0.2, 0.25) is 0 Å². The average Bonchev–Trinajstić information content (AvgIpc) is 3.01. The van der Waals surface area contributed by atoms with Crippen LogP contribution in [0.4, 0.5) is 11.5 Å². The molecule has 0 amide bonds. The third-order valence-corrected chi connectivity index (χ3v) is 4.42. The molecule has 0 unspecified atom stereocenters. The minimum absolute atomic E-state index is 0.302. The van der Waals surface area contributed by atoms with Crippen molar-refractivity contribution in [3.63, 3.8) is 0 Å². The second-order valence-electron chi connectivity index (χ2n) is 5.79. The number of para-hydroxylation sites is 2. The Labute approximate surface area is 139 Å². The van der Waals surface area contributed by atoms with Gasteiger partial charge in [-0.05, 0) is 24.3 Å². The lowest BCUT2D eigenvalue weighted by molar-refractivity contribution is 0.472. The van der Waals surface area contributed by atoms with Crippen molar-refractivity contribution in [1.29, 1.82) is 5.26 Å². The molecule has 1 N–H and O–H groups in total. The maximum atomic E-state index is 10.0. The average molecular weight is 319 g/mol. The molecular formula is C18H17N5O. The highest BCUT2D eigenvalue weighted by Crippen LogP contribution is 2.29. The summed E-state index contributed by atoms with van der Waals surface area (Å²) in [5.74, 6) is 1.04. The minimum atomic E-state index is 0.302. The number of aromatic nitrogens is 2. The summed E-state index contributed by atoms with van der Waals surface area (Å²) in [5.41, 5.74) is 2.21. The number of piperazine rings is 1. The molecule has 24 heavy (non-hydrogen) atoms. The summed E-state index contributed by atoms with van der Waals surface area (Å²) in [6.07, 6.45) is 1.86. The van der Waals surface area contributed by atoms with E-state index in [4.69, 9.17) is 0 Å². The molecule has 0 saturated carbocycles. The van der Waals surface area contributed by atoms with E-state index < -0.39 is 0 Å². The van der Waals surface area contributed by atoms with Crippen LogP contribution < -0.4 is 9.80 Å². The molecule has 0 radical (unpaired) electrons. The van der Waals surface area contributed by atoms with Crippen molar-refractivity contribution in [2.75, 3.05) is 36.0 Å². The van der Waals surface area contributed by atoms with Crippen LogP contribution in [0.15, 0.2) is 48.7 Å². The predicted molar refractivity (Wildman–Crippen MR) is 92.4 cm³/mol. The highest BCUT2D eigenvalue weighted by molar-refractivity contribution is 5.62. The molecule has 0 atom stereocenters. The Hall–Kier alpha value is -3.20. The minimum Gasteiger partial charge on any atom is -0.506 e. The molecule has 1 aromatic carbocycles. The number of imidazole rings is 1. The zero-order valence-corrected chi connectivity index (χ0v) is 13.1. The summed E-state index contributed by atoms with van der Waals surface area (Å²) >= 11 is 0. The van der Waals surface area contributed by atoms with Gasteiger partial charge >= 0.3 is 0 Å². The molecular weight excluding hydrogens is 302 g/mol. The smallest absolute Gasteiger partial charge is 0.169 e. The summed E-state index contributed by atoms with van der Waals surface area (Å²) < 4.78 is 1.82. The number of nitrogens with zero attached hydrogens (tertiary/aromatic N) is 5. The molecule has 1 saturated heterocycles. The van der Waals surface area contributed by atoms with Crippen molar-refractivity contribution in [3.8, 4) is 11.8 Å². The third kappa shape index (κ3) is 2.31. The van der Waals surface area contributed by atoms with Gasteiger partial charge in [-0.25, -0.2) is 4.98 Å². The first kappa shape index (κ1) is 14.4. The van der Waals surface area contributed by atoms with E-state index in [2.05, 4.69) is 20.9 Å². The van der Waals surface area contributed by atoms with Gasteiger partial charge in [0.05, 0.1) is 5.69 Å². The topological polar surface area (TPSA) is 67.8 Å². The fourth-order valence-electron chi connectivity index (χ4n) is 3.20. The lowest BCUT2D eigenvalue weighted by Crippen LogP contribution is -2.47. The lowest BCUT2D eigenvalue weighted by Gasteiger charge is -2.36. The number of anilines is 2. The van der Waals surface area contributed by atoms with E-state index in [-0.39, 0.29) is 0 Å². The summed E-state index contributed by atoms with van der Waals surface area (Å²) in [5, 5.41) is 19.5. The van der Waals surface area contributed by atoms with E-state index in [9.17, 15) is 10.4 Å². The van der Waals surface area contributed by atoms with E-state index in [1.165, 1.54) is 0 Å². The number of phenols is 1. The van der Waals surface area contributed by atoms with Crippen molar-refractivity contribution in [3.05, 3.63) is 54.4 Å². The van der Waals surface area contributed by atoms with E-state index in [1.807, 2.05) is 47.0 Å². The number of fused-ring (bicyclic) bond motifs is 1. The number of rotatable bonds is 2. The van der Waals surface area contributed by atoms with Gasteiger partial charge in [0.1, 0.15) is 17.5 Å². The quantitative estimate of drug-likeness (QED) is 0.784. The number of aromatic hydroxyl groups is 1. The summed E-state index contributed by atoms with van der Waals surface area (Å²) in [6, 6.07) is 15.4. The molecule has 120 valence electrons. The number of pyridine rings is 1. The van der Waals surface area contributed by atoms with Gasteiger partial charge in [-0.3, -0.25) is 4.40 Å². The first-order valence-corrected chi connectivity index (χ1v) is 7.93. The molecule has 0 spiro atoms. The Morgan fingerprint density at radius 3 is 2.42 bits per heavy atom. The molecule has 4 rings (SSSR count). The number of hydrogen-bond donors (Lipinski definition) is 1. The van der Waals surface area contributed by atoms with Crippen LogP contribution in [-0.2, 0) is 0 Å². The van der Waals surface area contributed by atoms with E-state index in [0.717, 1.165) is 43.3 Å². The number of hydrogen-bond acceptors (Lipinski definition) is 5. The van der Waals surface area contributed by atoms with Crippen LogP contribution in [0.5, 0.6) is 5.75 Å². The van der Waals surface area contributed by atoms with Crippen molar-refractivity contribution >= 4 is 17.2 Å². The van der Waals surface area contributed by atoms with Gasteiger partial charge in [0.2, 0.25) is 0 Å². The van der Waals surface area contributed by atoms with Crippen LogP contribution in [0, 0.1) is 11.3 Å². The first-order chi connectivity index (χ1) is 11.8. The summed E-state index contributed by atoms with van der Waals surface area (Å²) in [7, 11) is 0. The predicted octanol–water partition coefficient (Wildman–Crippen LogP) is 2.24. The third-order valence-electron chi connectivity index (χ3n) is 4.42. The Balaban J connectivity index is 1.59. The summed E-state index contributed by atoms with van der Waals surface area (Å²) in [6.45, 7) is 3.06. The van der Waals surface area contributed by atoms with Crippen LogP contribution in [0.1, 0.15) is 5.69 Å². The van der Waals surface area contributed by atoms with Crippen LogP contribution in [-0.4, -0.2) is 40.7 Å². The Kier molecular flexibility index (Phi) is 3.47. The first-order valence-electron chi connectivity index (χ1n) is 7.93. The monoisotopic (exact) mass is 319 g/mol. The Morgan fingerprint density at radius 1 is 0.958 bits per heavy atom. The fourth-order valence-corrected chi connectivity index (χ4v) is 3.20. The van der Waals surface area contributed by atoms with Crippen LogP contribution in [0.3, 0.4) is 0 Å². The van der Waals surface area contributed by atoms with Gasteiger partial charge in [0.25, 0.3) is 0 Å². The summed E-state index contributed by atoms with van der Waals surface area (Å²) in [4.78, 5) is 8.92. The number of benzene rings is 1. The maximum absolute atomic E-state index is 10.0. The maximum Gasteiger partial charge on any atom is 0.169 e. The molecule has 0 bridgehead atoms. The van der Waals surface area contributed by atoms with E-state index >= 15 is 0 Å². The largest absolute Gasteiger partial charge is 0.506 e. The molecule has 1 fully saturated rings. The Morgan fingerprint density at radius 2 is 1.67 bits per heavy atom. The number of nitriles is 1. The van der Waals surface area contributed by atoms with Gasteiger partial charge in [-0.15, -0.1) is 0 Å². The number of phenolic OH excluding ortho intramolecular Hbond substituents is 1. The van der Waals surface area contributed by atoms with E-state index in [1.54, 1.807) is 6.07 Å². The second kappa shape index (κ2) is 5.78. The van der Waals surface area contributed by atoms with Gasteiger partial charge in [0, 0.05) is 32.4 Å². The fraction of sp³-hybridized carbons (Fsp3) is 0.222. The Bertz CT molecular complexity index is 919. The SMILES string of the molecule is N#Cc1c(N2CCN(c3ccccc3O)CC2)nc2ccccn12. The zero-order chi connectivity index (χ0) is 16.5. The molecule has 3 aromatic rings. The van der Waals surface area contributed by atoms with Crippen molar-refractivity contribution in [2.45, 2.75) is 0 Å². The molecule has 3 heterocycles.